The van der Waals surface area contributed by atoms with Gasteiger partial charge in [0.1, 0.15) is 11.5 Å². The third kappa shape index (κ3) is 6.43. The highest BCUT2D eigenvalue weighted by molar-refractivity contribution is 5.77. The fraction of sp³-hybridized carbons (Fsp3) is 0.409. The SMILES string of the molecule is COc1cccc(CCCNC(=O)COc2ccc(C(C)(C)C)cc2)c1. The molecule has 0 atom stereocenters. The molecule has 0 bridgehead atoms. The van der Waals surface area contributed by atoms with Crippen LogP contribution in [0.5, 0.6) is 11.5 Å². The summed E-state index contributed by atoms with van der Waals surface area (Å²) in [5, 5.41) is 2.89. The summed E-state index contributed by atoms with van der Waals surface area (Å²) < 4.78 is 10.8. The second kappa shape index (κ2) is 9.27. The molecule has 4 heteroatoms. The Balaban J connectivity index is 1.67. The Morgan fingerprint density at radius 1 is 1.04 bits per heavy atom. The van der Waals surface area contributed by atoms with Gasteiger partial charge in [-0.3, -0.25) is 4.79 Å². The normalized spacial score (nSPS) is 11.1. The van der Waals surface area contributed by atoms with Crippen LogP contribution in [0.4, 0.5) is 0 Å². The van der Waals surface area contributed by atoms with Gasteiger partial charge in [-0.15, -0.1) is 0 Å². The van der Waals surface area contributed by atoms with Gasteiger partial charge >= 0.3 is 0 Å². The molecular formula is C22H29NO3. The van der Waals surface area contributed by atoms with E-state index in [9.17, 15) is 4.79 Å². The molecule has 0 saturated heterocycles. The van der Waals surface area contributed by atoms with Crippen LogP contribution in [0.25, 0.3) is 0 Å². The van der Waals surface area contributed by atoms with Crippen molar-refractivity contribution in [3.63, 3.8) is 0 Å². The second-order valence-electron chi connectivity index (χ2n) is 7.37. The maximum absolute atomic E-state index is 11.9. The molecule has 2 aromatic rings. The van der Waals surface area contributed by atoms with Gasteiger partial charge < -0.3 is 14.8 Å². The molecule has 0 unspecified atom stereocenters. The van der Waals surface area contributed by atoms with Crippen molar-refractivity contribution in [3.05, 3.63) is 59.7 Å². The molecular weight excluding hydrogens is 326 g/mol. The van der Waals surface area contributed by atoms with Crippen LogP contribution in [0, 0.1) is 0 Å². The summed E-state index contributed by atoms with van der Waals surface area (Å²) in [4.78, 5) is 11.9. The van der Waals surface area contributed by atoms with Crippen LogP contribution < -0.4 is 14.8 Å². The number of methoxy groups -OCH3 is 1. The molecule has 0 radical (unpaired) electrons. The van der Waals surface area contributed by atoms with E-state index in [1.807, 2.05) is 42.5 Å². The highest BCUT2D eigenvalue weighted by Gasteiger charge is 2.13. The lowest BCUT2D eigenvalue weighted by atomic mass is 9.87. The van der Waals surface area contributed by atoms with Gasteiger partial charge in [0.15, 0.2) is 6.61 Å². The van der Waals surface area contributed by atoms with E-state index in [2.05, 4.69) is 32.2 Å². The number of aryl methyl sites for hydroxylation is 1. The van der Waals surface area contributed by atoms with E-state index in [0.29, 0.717) is 12.3 Å². The average Bonchev–Trinajstić information content (AvgIpc) is 2.63. The third-order valence-electron chi connectivity index (χ3n) is 4.19. The lowest BCUT2D eigenvalue weighted by molar-refractivity contribution is -0.123. The summed E-state index contributed by atoms with van der Waals surface area (Å²) in [6, 6.07) is 15.9. The first-order valence-corrected chi connectivity index (χ1v) is 9.01. The molecule has 0 heterocycles. The molecule has 0 saturated carbocycles. The smallest absolute Gasteiger partial charge is 0.257 e. The number of hydrogen-bond acceptors (Lipinski definition) is 3. The van der Waals surface area contributed by atoms with E-state index < -0.39 is 0 Å². The third-order valence-corrected chi connectivity index (χ3v) is 4.19. The number of amides is 1. The number of benzene rings is 2. The van der Waals surface area contributed by atoms with Crippen LogP contribution in [-0.4, -0.2) is 26.2 Å². The molecule has 0 aromatic heterocycles. The maximum atomic E-state index is 11.9. The lowest BCUT2D eigenvalue weighted by Gasteiger charge is -2.19. The predicted molar refractivity (Wildman–Crippen MR) is 105 cm³/mol. The van der Waals surface area contributed by atoms with Crippen LogP contribution in [0.15, 0.2) is 48.5 Å². The minimum atomic E-state index is -0.101. The van der Waals surface area contributed by atoms with E-state index in [1.54, 1.807) is 7.11 Å². The van der Waals surface area contributed by atoms with Crippen LogP contribution >= 0.6 is 0 Å². The molecule has 0 fully saturated rings. The Labute approximate surface area is 156 Å². The summed E-state index contributed by atoms with van der Waals surface area (Å²) in [7, 11) is 1.66. The second-order valence-corrected chi connectivity index (χ2v) is 7.37. The Morgan fingerprint density at radius 3 is 2.42 bits per heavy atom. The molecule has 0 spiro atoms. The Kier molecular flexibility index (Phi) is 7.07. The summed E-state index contributed by atoms with van der Waals surface area (Å²) in [6.07, 6.45) is 1.77. The number of nitrogens with one attached hydrogen (secondary N) is 1. The average molecular weight is 355 g/mol. The highest BCUT2D eigenvalue weighted by atomic mass is 16.5. The largest absolute Gasteiger partial charge is 0.497 e. The first-order valence-electron chi connectivity index (χ1n) is 9.01. The summed E-state index contributed by atoms with van der Waals surface area (Å²) in [6.45, 7) is 7.17. The highest BCUT2D eigenvalue weighted by Crippen LogP contribution is 2.24. The van der Waals surface area contributed by atoms with Gasteiger partial charge in [-0.05, 0) is 53.6 Å². The first-order chi connectivity index (χ1) is 12.4. The van der Waals surface area contributed by atoms with Crippen LogP contribution in [0.2, 0.25) is 0 Å². The van der Waals surface area contributed by atoms with Crippen molar-refractivity contribution in [2.75, 3.05) is 20.3 Å². The Hall–Kier alpha value is -2.49. The van der Waals surface area contributed by atoms with Gasteiger partial charge in [0.2, 0.25) is 0 Å². The zero-order valence-electron chi connectivity index (χ0n) is 16.2. The fourth-order valence-corrected chi connectivity index (χ4v) is 2.60. The van der Waals surface area contributed by atoms with Gasteiger partial charge in [-0.25, -0.2) is 0 Å². The first kappa shape index (κ1) is 19.8. The zero-order valence-corrected chi connectivity index (χ0v) is 16.2. The van der Waals surface area contributed by atoms with Gasteiger partial charge in [-0.2, -0.15) is 0 Å². The number of rotatable bonds is 8. The van der Waals surface area contributed by atoms with Gasteiger partial charge in [-0.1, -0.05) is 45.0 Å². The lowest BCUT2D eigenvalue weighted by Crippen LogP contribution is -2.29. The Bertz CT molecular complexity index is 702. The quantitative estimate of drug-likeness (QED) is 0.725. The predicted octanol–water partition coefficient (Wildman–Crippen LogP) is 4.12. The molecule has 2 rings (SSSR count). The van der Waals surface area contributed by atoms with Crippen molar-refractivity contribution in [2.45, 2.75) is 39.0 Å². The van der Waals surface area contributed by atoms with Crippen molar-refractivity contribution in [1.29, 1.82) is 0 Å². The van der Waals surface area contributed by atoms with Crippen molar-refractivity contribution in [2.24, 2.45) is 0 Å². The Morgan fingerprint density at radius 2 is 1.77 bits per heavy atom. The number of hydrogen-bond donors (Lipinski definition) is 1. The molecule has 0 aliphatic carbocycles. The van der Waals surface area contributed by atoms with E-state index >= 15 is 0 Å². The number of carbonyl (C=O) groups excluding carboxylic acids is 1. The van der Waals surface area contributed by atoms with Crippen LogP contribution in [-0.2, 0) is 16.6 Å². The molecule has 140 valence electrons. The van der Waals surface area contributed by atoms with E-state index in [1.165, 1.54) is 11.1 Å². The molecule has 0 aliphatic rings. The number of carbonyl (C=O) groups is 1. The molecule has 4 nitrogen and oxygen atoms in total. The van der Waals surface area contributed by atoms with Crippen molar-refractivity contribution >= 4 is 5.91 Å². The standard InChI is InChI=1S/C22H29NO3/c1-22(2,3)18-10-12-19(13-11-18)26-16-21(24)23-14-6-8-17-7-5-9-20(15-17)25-4/h5,7,9-13,15H,6,8,14,16H2,1-4H3,(H,23,24). The molecule has 0 aliphatic heterocycles. The van der Waals surface area contributed by atoms with Crippen molar-refractivity contribution in [1.82, 2.24) is 5.32 Å². The topological polar surface area (TPSA) is 47.6 Å². The summed E-state index contributed by atoms with van der Waals surface area (Å²) in [5.74, 6) is 1.47. The minimum absolute atomic E-state index is 0.0357. The molecule has 1 amide bonds. The zero-order chi connectivity index (χ0) is 19.0. The molecule has 2 aromatic carbocycles. The van der Waals surface area contributed by atoms with Crippen molar-refractivity contribution < 1.29 is 14.3 Å². The number of ether oxygens (including phenoxy) is 2. The fourth-order valence-electron chi connectivity index (χ4n) is 2.60. The minimum Gasteiger partial charge on any atom is -0.497 e. The molecule has 26 heavy (non-hydrogen) atoms. The monoisotopic (exact) mass is 355 g/mol. The van der Waals surface area contributed by atoms with Gasteiger partial charge in [0.25, 0.3) is 5.91 Å². The molecule has 1 N–H and O–H groups in total. The summed E-state index contributed by atoms with van der Waals surface area (Å²) in [5.41, 5.74) is 2.55. The van der Waals surface area contributed by atoms with E-state index in [0.717, 1.165) is 18.6 Å². The van der Waals surface area contributed by atoms with Gasteiger partial charge in [0, 0.05) is 6.54 Å². The van der Waals surface area contributed by atoms with E-state index in [-0.39, 0.29) is 17.9 Å². The van der Waals surface area contributed by atoms with Gasteiger partial charge in [0.05, 0.1) is 7.11 Å². The van der Waals surface area contributed by atoms with Crippen LogP contribution in [0.3, 0.4) is 0 Å². The van der Waals surface area contributed by atoms with Crippen molar-refractivity contribution in [3.8, 4) is 11.5 Å². The maximum Gasteiger partial charge on any atom is 0.257 e. The summed E-state index contributed by atoms with van der Waals surface area (Å²) >= 11 is 0. The van der Waals surface area contributed by atoms with E-state index in [4.69, 9.17) is 9.47 Å². The van der Waals surface area contributed by atoms with Crippen LogP contribution in [0.1, 0.15) is 38.3 Å².